The van der Waals surface area contributed by atoms with E-state index in [9.17, 15) is 8.78 Å². The first-order valence-corrected chi connectivity index (χ1v) is 5.80. The van der Waals surface area contributed by atoms with Gasteiger partial charge in [0.15, 0.2) is 0 Å². The van der Waals surface area contributed by atoms with Crippen molar-refractivity contribution in [3.05, 3.63) is 48.6 Å². The standard InChI is InChI=1S/C7H9NO2.C5H3F2N.CH4O.CH3O.Na/c1-9-6-3-7(10-2)5-8-4-6;6-4-1-5(7)3-8-2-4;2*1-2;/h3-5H,1-2H3;1-3H;2H,1H3;1H3;/q;;;-1;+1. The van der Waals surface area contributed by atoms with Crippen LogP contribution in [0.3, 0.4) is 0 Å². The smallest absolute Gasteiger partial charge is 0.857 e. The van der Waals surface area contributed by atoms with Crippen molar-refractivity contribution in [3.8, 4) is 11.5 Å². The molecule has 0 aliphatic carbocycles. The number of ether oxygens (including phenoxy) is 2. The van der Waals surface area contributed by atoms with Gasteiger partial charge in [0.2, 0.25) is 0 Å². The van der Waals surface area contributed by atoms with Crippen molar-refractivity contribution < 1.29 is 58.0 Å². The maximum atomic E-state index is 11.9. The summed E-state index contributed by atoms with van der Waals surface area (Å²) in [7, 11) is 4.94. The molecule has 0 aromatic carbocycles. The molecule has 0 aliphatic rings. The quantitative estimate of drug-likeness (QED) is 0.640. The van der Waals surface area contributed by atoms with E-state index in [1.165, 1.54) is 0 Å². The molecule has 6 nitrogen and oxygen atoms in total. The largest absolute Gasteiger partial charge is 1.00 e. The third kappa shape index (κ3) is 14.0. The van der Waals surface area contributed by atoms with E-state index in [0.717, 1.165) is 32.7 Å². The van der Waals surface area contributed by atoms with Crippen LogP contribution in [0.5, 0.6) is 11.5 Å². The van der Waals surface area contributed by atoms with Gasteiger partial charge in [-0.05, 0) is 0 Å². The van der Waals surface area contributed by atoms with Gasteiger partial charge in [0.05, 0.1) is 39.0 Å². The zero-order valence-corrected chi connectivity index (χ0v) is 15.8. The second-order valence-corrected chi connectivity index (χ2v) is 3.09. The molecular weight excluding hydrogens is 321 g/mol. The number of hydrogen-bond acceptors (Lipinski definition) is 6. The minimum Gasteiger partial charge on any atom is -0.857 e. The van der Waals surface area contributed by atoms with Crippen LogP contribution in [-0.2, 0) is 0 Å². The zero-order chi connectivity index (χ0) is 17.4. The fraction of sp³-hybridized carbons (Fsp3) is 0.286. The van der Waals surface area contributed by atoms with E-state index in [2.05, 4.69) is 9.97 Å². The number of aliphatic hydroxyl groups is 1. The van der Waals surface area contributed by atoms with Crippen molar-refractivity contribution in [2.24, 2.45) is 0 Å². The summed E-state index contributed by atoms with van der Waals surface area (Å²) in [6.45, 7) is 0. The van der Waals surface area contributed by atoms with Gasteiger partial charge < -0.3 is 19.7 Å². The summed E-state index contributed by atoms with van der Waals surface area (Å²) in [4.78, 5) is 7.11. The topological polar surface area (TPSA) is 87.5 Å². The molecular formula is C14H19F2N2NaO4. The van der Waals surface area contributed by atoms with Crippen molar-refractivity contribution in [1.82, 2.24) is 9.97 Å². The fourth-order valence-electron chi connectivity index (χ4n) is 1.01. The van der Waals surface area contributed by atoms with Gasteiger partial charge in [-0.15, -0.1) is 0 Å². The monoisotopic (exact) mass is 340 g/mol. The van der Waals surface area contributed by atoms with Crippen LogP contribution in [0, 0.1) is 11.6 Å². The molecule has 2 aromatic heterocycles. The molecule has 2 rings (SSSR count). The molecule has 0 unspecified atom stereocenters. The van der Waals surface area contributed by atoms with E-state index in [1.54, 1.807) is 32.7 Å². The van der Waals surface area contributed by atoms with Crippen molar-refractivity contribution in [2.75, 3.05) is 28.4 Å². The van der Waals surface area contributed by atoms with E-state index in [4.69, 9.17) is 19.7 Å². The van der Waals surface area contributed by atoms with Crippen LogP contribution in [0.1, 0.15) is 0 Å². The van der Waals surface area contributed by atoms with Gasteiger partial charge in [-0.2, -0.15) is 7.11 Å². The Bertz CT molecular complexity index is 471. The van der Waals surface area contributed by atoms with Crippen molar-refractivity contribution in [2.45, 2.75) is 0 Å². The fourth-order valence-corrected chi connectivity index (χ4v) is 1.01. The average molecular weight is 340 g/mol. The van der Waals surface area contributed by atoms with Gasteiger partial charge in [-0.3, -0.25) is 9.97 Å². The van der Waals surface area contributed by atoms with Crippen molar-refractivity contribution in [3.63, 3.8) is 0 Å². The average Bonchev–Trinajstić information content (AvgIpc) is 2.59. The molecule has 2 aromatic rings. The van der Waals surface area contributed by atoms with Crippen LogP contribution in [0.4, 0.5) is 8.78 Å². The van der Waals surface area contributed by atoms with Crippen LogP contribution in [-0.4, -0.2) is 43.5 Å². The van der Waals surface area contributed by atoms with Crippen molar-refractivity contribution in [1.29, 1.82) is 0 Å². The Hall–Kier alpha value is -1.32. The maximum Gasteiger partial charge on any atom is 1.00 e. The molecule has 9 heteroatoms. The molecule has 0 amide bonds. The molecule has 0 saturated carbocycles. The number of aromatic nitrogens is 2. The van der Waals surface area contributed by atoms with Crippen molar-refractivity contribution >= 4 is 0 Å². The molecule has 0 fully saturated rings. The number of aliphatic hydroxyl groups excluding tert-OH is 1. The summed E-state index contributed by atoms with van der Waals surface area (Å²) in [5.74, 6) is 0.119. The Labute approximate surface area is 156 Å². The number of pyridine rings is 2. The molecule has 0 aliphatic heterocycles. The summed E-state index contributed by atoms with van der Waals surface area (Å²) >= 11 is 0. The van der Waals surface area contributed by atoms with Gasteiger partial charge in [0.25, 0.3) is 0 Å². The molecule has 124 valence electrons. The number of rotatable bonds is 2. The number of methoxy groups -OCH3 is 2. The predicted octanol–water partition coefficient (Wildman–Crippen LogP) is -1.95. The zero-order valence-electron chi connectivity index (χ0n) is 13.8. The molecule has 0 saturated heterocycles. The Morgan fingerprint density at radius 1 is 0.826 bits per heavy atom. The first kappa shape index (κ1) is 26.6. The Balaban J connectivity index is -0.000000280. The van der Waals surface area contributed by atoms with E-state index < -0.39 is 11.6 Å². The summed E-state index contributed by atoms with van der Waals surface area (Å²) < 4.78 is 33.6. The van der Waals surface area contributed by atoms with E-state index in [-0.39, 0.29) is 29.6 Å². The second kappa shape index (κ2) is 18.7. The van der Waals surface area contributed by atoms with Gasteiger partial charge >= 0.3 is 29.6 Å². The first-order chi connectivity index (χ1) is 10.7. The van der Waals surface area contributed by atoms with E-state index in [0.29, 0.717) is 11.5 Å². The molecule has 0 atom stereocenters. The third-order valence-electron chi connectivity index (χ3n) is 1.83. The number of hydrogen-bond donors (Lipinski definition) is 1. The van der Waals surface area contributed by atoms with Gasteiger partial charge in [-0.1, -0.05) is 0 Å². The summed E-state index contributed by atoms with van der Waals surface area (Å²) in [5.41, 5.74) is 0. The summed E-state index contributed by atoms with van der Waals surface area (Å²) in [6, 6.07) is 2.54. The van der Waals surface area contributed by atoms with Gasteiger partial charge in [-0.25, -0.2) is 8.78 Å². The third-order valence-corrected chi connectivity index (χ3v) is 1.83. The maximum absolute atomic E-state index is 11.9. The number of nitrogens with zero attached hydrogens (tertiary/aromatic N) is 2. The molecule has 0 bridgehead atoms. The normalized spacial score (nSPS) is 7.65. The summed E-state index contributed by atoms with van der Waals surface area (Å²) in [6.07, 6.45) is 5.15. The molecule has 0 radical (unpaired) electrons. The van der Waals surface area contributed by atoms with Crippen LogP contribution in [0.25, 0.3) is 0 Å². The minimum atomic E-state index is -0.648. The summed E-state index contributed by atoms with van der Waals surface area (Å²) in [5, 5.41) is 15.2. The predicted molar refractivity (Wildman–Crippen MR) is 75.6 cm³/mol. The van der Waals surface area contributed by atoms with Crippen LogP contribution in [0.15, 0.2) is 36.9 Å². The minimum absolute atomic E-state index is 0. The second-order valence-electron chi connectivity index (χ2n) is 3.09. The molecule has 2 heterocycles. The Morgan fingerprint density at radius 2 is 1.17 bits per heavy atom. The van der Waals surface area contributed by atoms with Crippen LogP contribution < -0.4 is 44.1 Å². The molecule has 1 N–H and O–H groups in total. The Morgan fingerprint density at radius 3 is 1.43 bits per heavy atom. The van der Waals surface area contributed by atoms with E-state index in [1.807, 2.05) is 0 Å². The van der Waals surface area contributed by atoms with Crippen LogP contribution in [0.2, 0.25) is 0 Å². The number of halogens is 2. The molecule has 0 spiro atoms. The SMILES string of the molecule is CO.COc1cncc(OC)c1.C[O-].Fc1cncc(F)c1.[Na+]. The first-order valence-electron chi connectivity index (χ1n) is 5.80. The van der Waals surface area contributed by atoms with Gasteiger partial charge in [0.1, 0.15) is 23.1 Å². The Kier molecular flexibility index (Phi) is 21.6. The molecule has 23 heavy (non-hydrogen) atoms. The van der Waals surface area contributed by atoms with Gasteiger partial charge in [0, 0.05) is 19.2 Å². The van der Waals surface area contributed by atoms with E-state index >= 15 is 0 Å². The van der Waals surface area contributed by atoms with Crippen LogP contribution >= 0.6 is 0 Å².